The van der Waals surface area contributed by atoms with E-state index in [4.69, 9.17) is 11.6 Å². The van der Waals surface area contributed by atoms with Gasteiger partial charge in [-0.05, 0) is 18.1 Å². The lowest BCUT2D eigenvalue weighted by atomic mass is 10.2. The fourth-order valence-corrected chi connectivity index (χ4v) is 3.11. The topological polar surface area (TPSA) is 46.9 Å². The molecular formula is C16H20ClN3OS. The predicted octanol–water partition coefficient (Wildman–Crippen LogP) is 3.50. The molecule has 1 aromatic heterocycles. The van der Waals surface area contributed by atoms with Crippen molar-refractivity contribution in [3.05, 3.63) is 52.8 Å². The van der Waals surface area contributed by atoms with Gasteiger partial charge in [-0.15, -0.1) is 11.8 Å². The first-order valence-corrected chi connectivity index (χ1v) is 8.81. The standard InChI is InChI=1S/C16H20ClN3OS/c1-2-7-20-10-13(9-19-20)8-18-16(21)12-22-11-14-5-3-4-6-15(14)17/h3-6,9-10H,2,7-8,11-12H2,1H3,(H,18,21). The molecule has 6 heteroatoms. The van der Waals surface area contributed by atoms with E-state index in [1.807, 2.05) is 35.1 Å². The summed E-state index contributed by atoms with van der Waals surface area (Å²) in [6.07, 6.45) is 4.82. The molecule has 0 aliphatic carbocycles. The lowest BCUT2D eigenvalue weighted by Gasteiger charge is -2.05. The molecule has 4 nitrogen and oxygen atoms in total. The maximum absolute atomic E-state index is 11.8. The number of carbonyl (C=O) groups is 1. The van der Waals surface area contributed by atoms with Gasteiger partial charge in [0, 0.05) is 35.6 Å². The highest BCUT2D eigenvalue weighted by molar-refractivity contribution is 7.99. The zero-order valence-electron chi connectivity index (χ0n) is 12.6. The van der Waals surface area contributed by atoms with E-state index in [0.717, 1.165) is 34.9 Å². The van der Waals surface area contributed by atoms with Crippen LogP contribution in [0.25, 0.3) is 0 Å². The second kappa shape index (κ2) is 8.86. The normalized spacial score (nSPS) is 10.6. The van der Waals surface area contributed by atoms with E-state index in [9.17, 15) is 4.79 Å². The number of nitrogens with one attached hydrogen (secondary N) is 1. The zero-order chi connectivity index (χ0) is 15.8. The van der Waals surface area contributed by atoms with Crippen LogP contribution in [0.15, 0.2) is 36.7 Å². The van der Waals surface area contributed by atoms with Crippen molar-refractivity contribution < 1.29 is 4.79 Å². The lowest BCUT2D eigenvalue weighted by molar-refractivity contribution is -0.118. The summed E-state index contributed by atoms with van der Waals surface area (Å²) in [7, 11) is 0. The van der Waals surface area contributed by atoms with Gasteiger partial charge in [0.15, 0.2) is 0 Å². The average Bonchev–Trinajstić information content (AvgIpc) is 2.95. The number of thioether (sulfide) groups is 1. The average molecular weight is 338 g/mol. The van der Waals surface area contributed by atoms with Crippen molar-refractivity contribution >= 4 is 29.3 Å². The monoisotopic (exact) mass is 337 g/mol. The highest BCUT2D eigenvalue weighted by Gasteiger charge is 2.05. The molecule has 0 radical (unpaired) electrons. The summed E-state index contributed by atoms with van der Waals surface area (Å²) in [5.74, 6) is 1.19. The second-order valence-electron chi connectivity index (χ2n) is 4.97. The van der Waals surface area contributed by atoms with Crippen LogP contribution in [-0.4, -0.2) is 21.4 Å². The fourth-order valence-electron chi connectivity index (χ4n) is 1.97. The van der Waals surface area contributed by atoms with Crippen LogP contribution in [0, 0.1) is 0 Å². The molecule has 0 unspecified atom stereocenters. The van der Waals surface area contributed by atoms with Crippen molar-refractivity contribution in [3.8, 4) is 0 Å². The third-order valence-electron chi connectivity index (χ3n) is 3.08. The largest absolute Gasteiger partial charge is 0.351 e. The van der Waals surface area contributed by atoms with Gasteiger partial charge in [0.25, 0.3) is 0 Å². The summed E-state index contributed by atoms with van der Waals surface area (Å²) in [6, 6.07) is 7.71. The van der Waals surface area contributed by atoms with E-state index in [-0.39, 0.29) is 5.91 Å². The smallest absolute Gasteiger partial charge is 0.230 e. The molecule has 22 heavy (non-hydrogen) atoms. The van der Waals surface area contributed by atoms with Gasteiger partial charge in [0.2, 0.25) is 5.91 Å². The Hall–Kier alpha value is -1.46. The molecular weight excluding hydrogens is 318 g/mol. The molecule has 2 aromatic rings. The molecule has 0 aliphatic heterocycles. The highest BCUT2D eigenvalue weighted by Crippen LogP contribution is 2.20. The molecule has 118 valence electrons. The first kappa shape index (κ1) is 16.9. The summed E-state index contributed by atoms with van der Waals surface area (Å²) >= 11 is 7.65. The lowest BCUT2D eigenvalue weighted by Crippen LogP contribution is -2.24. The van der Waals surface area contributed by atoms with Crippen molar-refractivity contribution in [2.45, 2.75) is 32.2 Å². The van der Waals surface area contributed by atoms with Gasteiger partial charge >= 0.3 is 0 Å². The van der Waals surface area contributed by atoms with E-state index >= 15 is 0 Å². The van der Waals surface area contributed by atoms with Crippen LogP contribution in [0.1, 0.15) is 24.5 Å². The van der Waals surface area contributed by atoms with Gasteiger partial charge in [-0.3, -0.25) is 9.48 Å². The summed E-state index contributed by atoms with van der Waals surface area (Å²) < 4.78 is 1.90. The van der Waals surface area contributed by atoms with E-state index in [0.29, 0.717) is 12.3 Å². The van der Waals surface area contributed by atoms with E-state index in [2.05, 4.69) is 17.3 Å². The number of hydrogen-bond donors (Lipinski definition) is 1. The summed E-state index contributed by atoms with van der Waals surface area (Å²) in [5.41, 5.74) is 2.08. The Balaban J connectivity index is 1.68. The van der Waals surface area contributed by atoms with Crippen LogP contribution in [-0.2, 0) is 23.6 Å². The van der Waals surface area contributed by atoms with Crippen LogP contribution < -0.4 is 5.32 Å². The number of halogens is 1. The highest BCUT2D eigenvalue weighted by atomic mass is 35.5. The number of aromatic nitrogens is 2. The Labute approximate surface area is 140 Å². The molecule has 1 heterocycles. The Morgan fingerprint density at radius 2 is 2.23 bits per heavy atom. The van der Waals surface area contributed by atoms with Crippen molar-refractivity contribution in [2.75, 3.05) is 5.75 Å². The van der Waals surface area contributed by atoms with Crippen molar-refractivity contribution in [1.82, 2.24) is 15.1 Å². The molecule has 0 saturated heterocycles. The van der Waals surface area contributed by atoms with Crippen LogP contribution >= 0.6 is 23.4 Å². The minimum absolute atomic E-state index is 0.0281. The van der Waals surface area contributed by atoms with Gasteiger partial charge in [0.1, 0.15) is 0 Å². The number of amides is 1. The van der Waals surface area contributed by atoms with Crippen molar-refractivity contribution in [1.29, 1.82) is 0 Å². The van der Waals surface area contributed by atoms with Gasteiger partial charge in [-0.2, -0.15) is 5.10 Å². The number of benzene rings is 1. The van der Waals surface area contributed by atoms with Gasteiger partial charge in [-0.1, -0.05) is 36.7 Å². The first-order chi connectivity index (χ1) is 10.7. The van der Waals surface area contributed by atoms with E-state index in [1.54, 1.807) is 18.0 Å². The Morgan fingerprint density at radius 3 is 3.00 bits per heavy atom. The minimum Gasteiger partial charge on any atom is -0.351 e. The molecule has 0 aliphatic rings. The number of carbonyl (C=O) groups excluding carboxylic acids is 1. The summed E-state index contributed by atoms with van der Waals surface area (Å²) in [4.78, 5) is 11.8. The molecule has 1 N–H and O–H groups in total. The van der Waals surface area contributed by atoms with Crippen LogP contribution in [0.2, 0.25) is 5.02 Å². The van der Waals surface area contributed by atoms with Crippen molar-refractivity contribution in [3.63, 3.8) is 0 Å². The van der Waals surface area contributed by atoms with E-state index < -0.39 is 0 Å². The summed E-state index contributed by atoms with van der Waals surface area (Å²) in [6.45, 7) is 3.54. The molecule has 1 amide bonds. The molecule has 2 rings (SSSR count). The molecule has 0 atom stereocenters. The number of nitrogens with zero attached hydrogens (tertiary/aromatic N) is 2. The van der Waals surface area contributed by atoms with Gasteiger partial charge < -0.3 is 5.32 Å². The number of hydrogen-bond acceptors (Lipinski definition) is 3. The van der Waals surface area contributed by atoms with Crippen LogP contribution in [0.5, 0.6) is 0 Å². The second-order valence-corrected chi connectivity index (χ2v) is 6.37. The first-order valence-electron chi connectivity index (χ1n) is 7.28. The van der Waals surface area contributed by atoms with Gasteiger partial charge in [0.05, 0.1) is 11.9 Å². The van der Waals surface area contributed by atoms with Gasteiger partial charge in [-0.25, -0.2) is 0 Å². The maximum atomic E-state index is 11.8. The minimum atomic E-state index is 0.0281. The molecule has 0 saturated carbocycles. The quantitative estimate of drug-likeness (QED) is 0.802. The number of rotatable bonds is 8. The fraction of sp³-hybridized carbons (Fsp3) is 0.375. The zero-order valence-corrected chi connectivity index (χ0v) is 14.2. The predicted molar refractivity (Wildman–Crippen MR) is 92.0 cm³/mol. The third-order valence-corrected chi connectivity index (χ3v) is 4.43. The molecule has 1 aromatic carbocycles. The molecule has 0 spiro atoms. The Kier molecular flexibility index (Phi) is 6.80. The van der Waals surface area contributed by atoms with Crippen molar-refractivity contribution in [2.24, 2.45) is 0 Å². The molecule has 0 fully saturated rings. The van der Waals surface area contributed by atoms with Crippen LogP contribution in [0.4, 0.5) is 0 Å². The third kappa shape index (κ3) is 5.39. The maximum Gasteiger partial charge on any atom is 0.230 e. The molecule has 0 bridgehead atoms. The Morgan fingerprint density at radius 1 is 1.41 bits per heavy atom. The summed E-state index contributed by atoms with van der Waals surface area (Å²) in [5, 5.41) is 7.90. The van der Waals surface area contributed by atoms with E-state index in [1.165, 1.54) is 0 Å². The van der Waals surface area contributed by atoms with Crippen LogP contribution in [0.3, 0.4) is 0 Å². The number of aryl methyl sites for hydroxylation is 1. The SMILES string of the molecule is CCCn1cc(CNC(=O)CSCc2ccccc2Cl)cn1. The Bertz CT molecular complexity index is 615.